The first-order valence-corrected chi connectivity index (χ1v) is 7.16. The summed E-state index contributed by atoms with van der Waals surface area (Å²) < 4.78 is 5.13. The maximum atomic E-state index is 9.54. The Labute approximate surface area is 117 Å². The van der Waals surface area contributed by atoms with Gasteiger partial charge in [0.15, 0.2) is 0 Å². The van der Waals surface area contributed by atoms with E-state index in [2.05, 4.69) is 22.8 Å². The van der Waals surface area contributed by atoms with Crippen molar-refractivity contribution in [1.82, 2.24) is 5.32 Å². The quantitative estimate of drug-likeness (QED) is 0.817. The summed E-state index contributed by atoms with van der Waals surface area (Å²) >= 11 is 1.72. The van der Waals surface area contributed by atoms with Crippen molar-refractivity contribution in [2.45, 2.75) is 19.2 Å². The summed E-state index contributed by atoms with van der Waals surface area (Å²) in [5, 5.41) is 15.0. The second-order valence-electron chi connectivity index (χ2n) is 4.37. The number of rotatable bonds is 7. The van der Waals surface area contributed by atoms with Crippen LogP contribution in [0.15, 0.2) is 41.8 Å². The molecule has 2 N–H and O–H groups in total. The average Bonchev–Trinajstić information content (AvgIpc) is 2.94. The monoisotopic (exact) mass is 277 g/mol. The van der Waals surface area contributed by atoms with Gasteiger partial charge in [-0.15, -0.1) is 11.3 Å². The molecule has 1 aromatic heterocycles. The molecule has 1 atom stereocenters. The van der Waals surface area contributed by atoms with Crippen LogP contribution in [0.25, 0.3) is 0 Å². The van der Waals surface area contributed by atoms with Gasteiger partial charge >= 0.3 is 0 Å². The van der Waals surface area contributed by atoms with Crippen LogP contribution < -0.4 is 5.32 Å². The minimum Gasteiger partial charge on any atom is -0.394 e. The molecule has 2 aromatic rings. The molecule has 1 unspecified atom stereocenters. The zero-order valence-electron chi connectivity index (χ0n) is 11.0. The third-order valence-corrected chi connectivity index (χ3v) is 3.83. The normalized spacial score (nSPS) is 12.5. The van der Waals surface area contributed by atoms with E-state index < -0.39 is 0 Å². The van der Waals surface area contributed by atoms with Gasteiger partial charge in [0.05, 0.1) is 19.3 Å². The van der Waals surface area contributed by atoms with Crippen molar-refractivity contribution in [3.63, 3.8) is 0 Å². The fourth-order valence-electron chi connectivity index (χ4n) is 1.99. The van der Waals surface area contributed by atoms with Crippen LogP contribution in [0.4, 0.5) is 0 Å². The summed E-state index contributed by atoms with van der Waals surface area (Å²) in [5.74, 6) is 0. The Bertz CT molecular complexity index is 485. The smallest absolute Gasteiger partial charge is 0.0713 e. The first-order chi connectivity index (χ1) is 9.33. The second kappa shape index (κ2) is 7.40. The molecule has 102 valence electrons. The minimum atomic E-state index is -0.0427. The molecular formula is C15H19NO2S. The van der Waals surface area contributed by atoms with Gasteiger partial charge in [-0.2, -0.15) is 0 Å². The topological polar surface area (TPSA) is 41.5 Å². The number of thiophene rings is 1. The maximum Gasteiger partial charge on any atom is 0.0713 e. The van der Waals surface area contributed by atoms with Crippen molar-refractivity contribution in [3.05, 3.63) is 57.8 Å². The van der Waals surface area contributed by atoms with Crippen molar-refractivity contribution in [2.24, 2.45) is 0 Å². The molecule has 3 nitrogen and oxygen atoms in total. The van der Waals surface area contributed by atoms with Crippen molar-refractivity contribution in [3.8, 4) is 0 Å². The Morgan fingerprint density at radius 3 is 2.89 bits per heavy atom. The van der Waals surface area contributed by atoms with Crippen LogP contribution >= 0.6 is 11.3 Å². The predicted molar refractivity (Wildman–Crippen MR) is 78.1 cm³/mol. The molecule has 0 aliphatic carbocycles. The van der Waals surface area contributed by atoms with Gasteiger partial charge in [0.2, 0.25) is 0 Å². The summed E-state index contributed by atoms with van der Waals surface area (Å²) in [7, 11) is 1.69. The molecule has 4 heteroatoms. The minimum absolute atomic E-state index is 0.0427. The third kappa shape index (κ3) is 4.14. The zero-order valence-corrected chi connectivity index (χ0v) is 11.8. The highest BCUT2D eigenvalue weighted by molar-refractivity contribution is 7.09. The third-order valence-electron chi connectivity index (χ3n) is 2.95. The number of hydrogen-bond acceptors (Lipinski definition) is 4. The van der Waals surface area contributed by atoms with E-state index in [1.165, 1.54) is 4.88 Å². The van der Waals surface area contributed by atoms with E-state index in [1.54, 1.807) is 18.4 Å². The lowest BCUT2D eigenvalue weighted by Gasteiger charge is -2.17. The van der Waals surface area contributed by atoms with Gasteiger partial charge in [0.1, 0.15) is 0 Å². The van der Waals surface area contributed by atoms with Crippen LogP contribution in [0.3, 0.4) is 0 Å². The van der Waals surface area contributed by atoms with E-state index >= 15 is 0 Å². The van der Waals surface area contributed by atoms with Gasteiger partial charge in [0.25, 0.3) is 0 Å². The summed E-state index contributed by atoms with van der Waals surface area (Å²) in [6.07, 6.45) is 0. The van der Waals surface area contributed by atoms with Crippen LogP contribution in [0.2, 0.25) is 0 Å². The summed E-state index contributed by atoms with van der Waals surface area (Å²) in [6.45, 7) is 1.45. The first kappa shape index (κ1) is 14.2. The molecule has 0 aliphatic rings. The molecule has 0 saturated heterocycles. The van der Waals surface area contributed by atoms with Gasteiger partial charge < -0.3 is 15.2 Å². The lowest BCUT2D eigenvalue weighted by Crippen LogP contribution is -2.23. The van der Waals surface area contributed by atoms with E-state index in [-0.39, 0.29) is 12.6 Å². The fraction of sp³-hybridized carbons (Fsp3) is 0.333. The van der Waals surface area contributed by atoms with Crippen LogP contribution in [-0.2, 0) is 17.9 Å². The molecule has 1 heterocycles. The fourth-order valence-corrected chi connectivity index (χ4v) is 2.65. The molecule has 1 aromatic carbocycles. The van der Waals surface area contributed by atoms with Crippen molar-refractivity contribution < 1.29 is 9.84 Å². The van der Waals surface area contributed by atoms with Gasteiger partial charge in [-0.25, -0.2) is 0 Å². The van der Waals surface area contributed by atoms with E-state index in [4.69, 9.17) is 4.74 Å². The number of aliphatic hydroxyl groups excluding tert-OH is 1. The number of hydrogen-bond donors (Lipinski definition) is 2. The number of aliphatic hydroxyl groups is 1. The van der Waals surface area contributed by atoms with Crippen LogP contribution in [0.1, 0.15) is 22.0 Å². The summed E-state index contributed by atoms with van der Waals surface area (Å²) in [5.41, 5.74) is 2.21. The predicted octanol–water partition coefficient (Wildman–Crippen LogP) is 2.72. The van der Waals surface area contributed by atoms with Crippen molar-refractivity contribution >= 4 is 11.3 Å². The highest BCUT2D eigenvalue weighted by Crippen LogP contribution is 2.17. The molecule has 0 aliphatic heterocycles. The van der Waals surface area contributed by atoms with E-state index in [0.717, 1.165) is 17.7 Å². The van der Waals surface area contributed by atoms with Gasteiger partial charge in [-0.1, -0.05) is 30.3 Å². The van der Waals surface area contributed by atoms with Crippen LogP contribution in [-0.4, -0.2) is 18.8 Å². The largest absolute Gasteiger partial charge is 0.394 e. The number of methoxy groups -OCH3 is 1. The lowest BCUT2D eigenvalue weighted by atomic mass is 10.0. The highest BCUT2D eigenvalue weighted by atomic mass is 32.1. The first-order valence-electron chi connectivity index (χ1n) is 6.28. The van der Waals surface area contributed by atoms with Crippen molar-refractivity contribution in [2.75, 3.05) is 13.7 Å². The lowest BCUT2D eigenvalue weighted by molar-refractivity contribution is 0.184. The molecular weight excluding hydrogens is 258 g/mol. The average molecular weight is 277 g/mol. The Morgan fingerprint density at radius 1 is 1.32 bits per heavy atom. The number of benzene rings is 1. The van der Waals surface area contributed by atoms with Gasteiger partial charge in [-0.3, -0.25) is 0 Å². The Kier molecular flexibility index (Phi) is 5.54. The zero-order chi connectivity index (χ0) is 13.5. The Morgan fingerprint density at radius 2 is 2.21 bits per heavy atom. The molecule has 2 rings (SSSR count). The van der Waals surface area contributed by atoms with E-state index in [9.17, 15) is 5.11 Å². The second-order valence-corrected chi connectivity index (χ2v) is 5.41. The van der Waals surface area contributed by atoms with Crippen molar-refractivity contribution in [1.29, 1.82) is 0 Å². The molecule has 0 spiro atoms. The molecule has 19 heavy (non-hydrogen) atoms. The van der Waals surface area contributed by atoms with E-state index in [1.807, 2.05) is 24.3 Å². The van der Waals surface area contributed by atoms with Crippen LogP contribution in [0.5, 0.6) is 0 Å². The molecule has 0 fully saturated rings. The number of ether oxygens (including phenoxy) is 1. The molecule has 0 amide bonds. The van der Waals surface area contributed by atoms with E-state index in [0.29, 0.717) is 6.61 Å². The molecule has 0 saturated carbocycles. The Balaban J connectivity index is 2.01. The molecule has 0 bridgehead atoms. The van der Waals surface area contributed by atoms with Crippen LogP contribution in [0, 0.1) is 0 Å². The summed E-state index contributed by atoms with van der Waals surface area (Å²) in [4.78, 5) is 1.27. The molecule has 0 radical (unpaired) electrons. The van der Waals surface area contributed by atoms with Gasteiger partial charge in [0, 0.05) is 18.5 Å². The SMILES string of the molecule is COCc1cccc(C(CO)NCc2cccs2)c1. The maximum absolute atomic E-state index is 9.54. The van der Waals surface area contributed by atoms with Gasteiger partial charge in [-0.05, 0) is 22.6 Å². The highest BCUT2D eigenvalue weighted by Gasteiger charge is 2.10. The summed E-state index contributed by atoms with van der Waals surface area (Å²) in [6, 6.07) is 12.2. The Hall–Kier alpha value is -1.20. The number of nitrogens with one attached hydrogen (secondary N) is 1. The standard InChI is InChI=1S/C15H19NO2S/c1-18-11-12-4-2-5-13(8-12)15(10-17)16-9-14-6-3-7-19-14/h2-8,15-17H,9-11H2,1H3.